The fourth-order valence-electron chi connectivity index (χ4n) is 1.48. The topological polar surface area (TPSA) is 34.1 Å². The zero-order valence-corrected chi connectivity index (χ0v) is 10.2. The van der Waals surface area contributed by atoms with Crippen molar-refractivity contribution in [2.24, 2.45) is 0 Å². The van der Waals surface area contributed by atoms with Gasteiger partial charge in [-0.1, -0.05) is 26.7 Å². The van der Waals surface area contributed by atoms with Gasteiger partial charge in [0.05, 0.1) is 0 Å². The van der Waals surface area contributed by atoms with Crippen molar-refractivity contribution < 1.29 is 9.59 Å². The van der Waals surface area contributed by atoms with Gasteiger partial charge in [-0.25, -0.2) is 0 Å². The number of carbonyl (C=O) groups is 2. The summed E-state index contributed by atoms with van der Waals surface area (Å²) in [7, 11) is 0. The van der Waals surface area contributed by atoms with E-state index in [0.717, 1.165) is 32.1 Å². The molecule has 0 rings (SSSR count). The number of rotatable bonds is 10. The molecule has 0 radical (unpaired) electrons. The normalized spacial score (nSPS) is 10.3. The van der Waals surface area contributed by atoms with Gasteiger partial charge in [0, 0.05) is 25.7 Å². The summed E-state index contributed by atoms with van der Waals surface area (Å²) in [5.41, 5.74) is 0. The maximum absolute atomic E-state index is 11.3. The number of hydrogen-bond acceptors (Lipinski definition) is 2. The summed E-state index contributed by atoms with van der Waals surface area (Å²) in [4.78, 5) is 22.6. The van der Waals surface area contributed by atoms with Gasteiger partial charge >= 0.3 is 0 Å². The maximum Gasteiger partial charge on any atom is 0.132 e. The smallest absolute Gasteiger partial charge is 0.132 e. The first-order valence-electron chi connectivity index (χ1n) is 6.24. The van der Waals surface area contributed by atoms with Crippen molar-refractivity contribution in [2.45, 2.75) is 71.6 Å². The van der Waals surface area contributed by atoms with Crippen LogP contribution in [0.5, 0.6) is 0 Å². The third-order valence-corrected chi connectivity index (χ3v) is 2.53. The van der Waals surface area contributed by atoms with Crippen LogP contribution in [0.1, 0.15) is 71.6 Å². The molecule has 0 N–H and O–H groups in total. The average Bonchev–Trinajstić information content (AvgIpc) is 2.23. The average molecular weight is 212 g/mol. The summed E-state index contributed by atoms with van der Waals surface area (Å²) in [6.45, 7) is 4.17. The summed E-state index contributed by atoms with van der Waals surface area (Å²) >= 11 is 0. The van der Waals surface area contributed by atoms with Crippen molar-refractivity contribution in [3.05, 3.63) is 0 Å². The lowest BCUT2D eigenvalue weighted by atomic mass is 10.0. The minimum atomic E-state index is 0.320. The Morgan fingerprint density at radius 2 is 1.00 bits per heavy atom. The molecule has 0 spiro atoms. The van der Waals surface area contributed by atoms with Crippen molar-refractivity contribution in [2.75, 3.05) is 0 Å². The molecule has 2 nitrogen and oxygen atoms in total. The molecule has 0 saturated heterocycles. The van der Waals surface area contributed by atoms with Crippen LogP contribution in [0.15, 0.2) is 0 Å². The van der Waals surface area contributed by atoms with Crippen molar-refractivity contribution in [3.63, 3.8) is 0 Å². The van der Waals surface area contributed by atoms with Gasteiger partial charge in [-0.2, -0.15) is 0 Å². The molecule has 0 heterocycles. The zero-order valence-electron chi connectivity index (χ0n) is 10.2. The van der Waals surface area contributed by atoms with E-state index in [1.165, 1.54) is 0 Å². The Morgan fingerprint density at radius 1 is 0.667 bits per heavy atom. The van der Waals surface area contributed by atoms with Gasteiger partial charge in [-0.15, -0.1) is 0 Å². The molecule has 0 unspecified atom stereocenters. The molecule has 0 aromatic heterocycles. The third kappa shape index (κ3) is 9.64. The second-order valence-corrected chi connectivity index (χ2v) is 4.14. The SMILES string of the molecule is CCCCC(=O)CCCC(=O)CCCC. The first-order valence-corrected chi connectivity index (χ1v) is 6.24. The molecular weight excluding hydrogens is 188 g/mol. The van der Waals surface area contributed by atoms with Crippen LogP contribution in [0.3, 0.4) is 0 Å². The van der Waals surface area contributed by atoms with Gasteiger partial charge in [0.25, 0.3) is 0 Å². The highest BCUT2D eigenvalue weighted by Gasteiger charge is 2.04. The van der Waals surface area contributed by atoms with Gasteiger partial charge < -0.3 is 0 Å². The Kier molecular flexibility index (Phi) is 9.44. The van der Waals surface area contributed by atoms with E-state index in [9.17, 15) is 9.59 Å². The molecule has 2 heteroatoms. The van der Waals surface area contributed by atoms with Crippen LogP contribution in [0.2, 0.25) is 0 Å². The molecule has 0 aliphatic heterocycles. The van der Waals surface area contributed by atoms with Crippen LogP contribution >= 0.6 is 0 Å². The summed E-state index contributed by atoms with van der Waals surface area (Å²) < 4.78 is 0. The van der Waals surface area contributed by atoms with Gasteiger partial charge in [-0.3, -0.25) is 9.59 Å². The molecule has 0 bridgehead atoms. The molecule has 0 fully saturated rings. The summed E-state index contributed by atoms with van der Waals surface area (Å²) in [6.07, 6.45) is 7.45. The van der Waals surface area contributed by atoms with Gasteiger partial charge in [0.15, 0.2) is 0 Å². The number of unbranched alkanes of at least 4 members (excludes halogenated alkanes) is 2. The first kappa shape index (κ1) is 14.3. The number of ketones is 2. The van der Waals surface area contributed by atoms with Crippen LogP contribution in [-0.2, 0) is 9.59 Å². The van der Waals surface area contributed by atoms with Crippen LogP contribution < -0.4 is 0 Å². The Labute approximate surface area is 93.4 Å². The molecule has 88 valence electrons. The molecule has 15 heavy (non-hydrogen) atoms. The second-order valence-electron chi connectivity index (χ2n) is 4.14. The number of hydrogen-bond donors (Lipinski definition) is 0. The standard InChI is InChI=1S/C13H24O2/c1-3-5-8-12(14)10-7-11-13(15)9-6-4-2/h3-11H2,1-2H3. The molecule has 0 atom stereocenters. The molecule has 0 aromatic carbocycles. The fourth-order valence-corrected chi connectivity index (χ4v) is 1.48. The van der Waals surface area contributed by atoms with Crippen LogP contribution in [-0.4, -0.2) is 11.6 Å². The monoisotopic (exact) mass is 212 g/mol. The minimum Gasteiger partial charge on any atom is -0.300 e. The Hall–Kier alpha value is -0.660. The predicted molar refractivity (Wildman–Crippen MR) is 62.9 cm³/mol. The minimum absolute atomic E-state index is 0.320. The Bertz CT molecular complexity index is 165. The van der Waals surface area contributed by atoms with Crippen LogP contribution in [0, 0.1) is 0 Å². The lowest BCUT2D eigenvalue weighted by molar-refractivity contribution is -0.120. The van der Waals surface area contributed by atoms with E-state index in [0.29, 0.717) is 37.2 Å². The van der Waals surface area contributed by atoms with E-state index in [1.807, 2.05) is 0 Å². The van der Waals surface area contributed by atoms with E-state index < -0.39 is 0 Å². The Balaban J connectivity index is 3.36. The highest BCUT2D eigenvalue weighted by atomic mass is 16.1. The molecule has 0 saturated carbocycles. The van der Waals surface area contributed by atoms with E-state index in [2.05, 4.69) is 13.8 Å². The maximum atomic E-state index is 11.3. The largest absolute Gasteiger partial charge is 0.300 e. The predicted octanol–water partition coefficient (Wildman–Crippen LogP) is 3.68. The van der Waals surface area contributed by atoms with E-state index >= 15 is 0 Å². The number of Topliss-reactive ketones (excluding diaryl/α,β-unsaturated/α-hetero) is 2. The van der Waals surface area contributed by atoms with Crippen molar-refractivity contribution in [3.8, 4) is 0 Å². The lowest BCUT2D eigenvalue weighted by Gasteiger charge is -2.00. The van der Waals surface area contributed by atoms with Crippen molar-refractivity contribution in [1.29, 1.82) is 0 Å². The third-order valence-electron chi connectivity index (χ3n) is 2.53. The second kappa shape index (κ2) is 9.88. The molecular formula is C13H24O2. The molecule has 0 amide bonds. The van der Waals surface area contributed by atoms with Gasteiger partial charge in [0.2, 0.25) is 0 Å². The van der Waals surface area contributed by atoms with Gasteiger partial charge in [-0.05, 0) is 19.3 Å². The molecule has 0 aliphatic carbocycles. The fraction of sp³-hybridized carbons (Fsp3) is 0.846. The van der Waals surface area contributed by atoms with Gasteiger partial charge in [0.1, 0.15) is 11.6 Å². The van der Waals surface area contributed by atoms with Crippen molar-refractivity contribution in [1.82, 2.24) is 0 Å². The highest BCUT2D eigenvalue weighted by Crippen LogP contribution is 2.06. The summed E-state index contributed by atoms with van der Waals surface area (Å²) in [5.74, 6) is 0.639. The van der Waals surface area contributed by atoms with E-state index in [1.54, 1.807) is 0 Å². The van der Waals surface area contributed by atoms with Crippen molar-refractivity contribution >= 4 is 11.6 Å². The lowest BCUT2D eigenvalue weighted by Crippen LogP contribution is -2.01. The first-order chi connectivity index (χ1) is 7.20. The highest BCUT2D eigenvalue weighted by molar-refractivity contribution is 5.81. The zero-order chi connectivity index (χ0) is 11.5. The number of carbonyl (C=O) groups excluding carboxylic acids is 2. The Morgan fingerprint density at radius 3 is 1.33 bits per heavy atom. The molecule has 0 aliphatic rings. The van der Waals surface area contributed by atoms with E-state index in [4.69, 9.17) is 0 Å². The molecule has 0 aromatic rings. The van der Waals surface area contributed by atoms with E-state index in [-0.39, 0.29) is 0 Å². The quantitative estimate of drug-likeness (QED) is 0.553. The van der Waals surface area contributed by atoms with Crippen LogP contribution in [0.25, 0.3) is 0 Å². The summed E-state index contributed by atoms with van der Waals surface area (Å²) in [6, 6.07) is 0. The van der Waals surface area contributed by atoms with Crippen LogP contribution in [0.4, 0.5) is 0 Å². The summed E-state index contributed by atoms with van der Waals surface area (Å²) in [5, 5.41) is 0.